The van der Waals surface area contributed by atoms with Crippen LogP contribution in [0.15, 0.2) is 45.3 Å². The van der Waals surface area contributed by atoms with E-state index < -0.39 is 0 Å². The van der Waals surface area contributed by atoms with Crippen LogP contribution in [0, 0.1) is 6.92 Å². The number of carbonyl (C=O) groups excluding carboxylic acids is 1. The predicted molar refractivity (Wildman–Crippen MR) is 85.4 cm³/mol. The average molecular weight is 384 g/mol. The molecule has 0 radical (unpaired) electrons. The SMILES string of the molecule is Cc1cccc(C(=O)Nc2ccc(Br)cc2Br)c1N. The van der Waals surface area contributed by atoms with Crippen molar-refractivity contribution in [1.29, 1.82) is 0 Å². The topological polar surface area (TPSA) is 55.1 Å². The number of anilines is 2. The first-order valence-corrected chi connectivity index (χ1v) is 7.19. The maximum absolute atomic E-state index is 12.2. The van der Waals surface area contributed by atoms with Crippen molar-refractivity contribution in [3.63, 3.8) is 0 Å². The normalized spacial score (nSPS) is 10.3. The molecule has 0 bridgehead atoms. The summed E-state index contributed by atoms with van der Waals surface area (Å²) in [5.74, 6) is -0.218. The third-order valence-corrected chi connectivity index (χ3v) is 3.90. The Kier molecular flexibility index (Phi) is 4.27. The second-order valence-corrected chi connectivity index (χ2v) is 5.88. The third-order valence-electron chi connectivity index (χ3n) is 2.75. The van der Waals surface area contributed by atoms with Gasteiger partial charge in [0.25, 0.3) is 5.91 Å². The average Bonchev–Trinajstić information content (AvgIpc) is 2.36. The number of nitrogens with one attached hydrogen (secondary N) is 1. The van der Waals surface area contributed by atoms with Crippen LogP contribution in [0.25, 0.3) is 0 Å². The molecule has 1 amide bonds. The van der Waals surface area contributed by atoms with Crippen LogP contribution in [0.2, 0.25) is 0 Å². The van der Waals surface area contributed by atoms with E-state index in [2.05, 4.69) is 37.2 Å². The first-order valence-electron chi connectivity index (χ1n) is 5.60. The summed E-state index contributed by atoms with van der Waals surface area (Å²) in [5, 5.41) is 2.84. The van der Waals surface area contributed by atoms with Crippen molar-refractivity contribution in [3.8, 4) is 0 Å². The highest BCUT2D eigenvalue weighted by Crippen LogP contribution is 2.27. The van der Waals surface area contributed by atoms with Crippen molar-refractivity contribution in [3.05, 3.63) is 56.5 Å². The quantitative estimate of drug-likeness (QED) is 0.757. The molecule has 0 saturated carbocycles. The fourth-order valence-electron chi connectivity index (χ4n) is 1.66. The Morgan fingerprint density at radius 2 is 1.95 bits per heavy atom. The van der Waals surface area contributed by atoms with Gasteiger partial charge in [-0.3, -0.25) is 4.79 Å². The van der Waals surface area contributed by atoms with Crippen molar-refractivity contribution in [2.24, 2.45) is 0 Å². The first kappa shape index (κ1) is 14.1. The van der Waals surface area contributed by atoms with Gasteiger partial charge in [-0.2, -0.15) is 0 Å². The summed E-state index contributed by atoms with van der Waals surface area (Å²) in [6, 6.07) is 11.0. The molecule has 0 aliphatic heterocycles. The second-order valence-electron chi connectivity index (χ2n) is 4.11. The Balaban J connectivity index is 2.28. The minimum atomic E-state index is -0.218. The van der Waals surface area contributed by atoms with Gasteiger partial charge in [-0.05, 0) is 52.7 Å². The fraction of sp³-hybridized carbons (Fsp3) is 0.0714. The van der Waals surface area contributed by atoms with Gasteiger partial charge in [-0.15, -0.1) is 0 Å². The van der Waals surface area contributed by atoms with E-state index in [0.29, 0.717) is 16.9 Å². The highest BCUT2D eigenvalue weighted by atomic mass is 79.9. The number of nitrogens with two attached hydrogens (primary N) is 1. The van der Waals surface area contributed by atoms with Gasteiger partial charge in [-0.25, -0.2) is 0 Å². The Bertz CT molecular complexity index is 641. The molecule has 0 aromatic heterocycles. The van der Waals surface area contributed by atoms with E-state index in [4.69, 9.17) is 5.73 Å². The molecule has 0 fully saturated rings. The number of halogens is 2. The van der Waals surface area contributed by atoms with Crippen LogP contribution < -0.4 is 11.1 Å². The van der Waals surface area contributed by atoms with Gasteiger partial charge in [0.1, 0.15) is 0 Å². The number of amides is 1. The molecule has 2 aromatic carbocycles. The van der Waals surface area contributed by atoms with Gasteiger partial charge < -0.3 is 11.1 Å². The number of hydrogen-bond acceptors (Lipinski definition) is 2. The molecule has 0 aliphatic carbocycles. The van der Waals surface area contributed by atoms with Gasteiger partial charge in [0.05, 0.1) is 11.3 Å². The van der Waals surface area contributed by atoms with Gasteiger partial charge in [0.15, 0.2) is 0 Å². The predicted octanol–water partition coefficient (Wildman–Crippen LogP) is 4.35. The highest BCUT2D eigenvalue weighted by molar-refractivity contribution is 9.11. The Morgan fingerprint density at radius 3 is 2.63 bits per heavy atom. The van der Waals surface area contributed by atoms with E-state index in [0.717, 1.165) is 14.5 Å². The van der Waals surface area contributed by atoms with Crippen LogP contribution in [-0.2, 0) is 0 Å². The van der Waals surface area contributed by atoms with Crippen LogP contribution in [0.3, 0.4) is 0 Å². The molecule has 5 heteroatoms. The van der Waals surface area contributed by atoms with Crippen molar-refractivity contribution >= 4 is 49.1 Å². The zero-order valence-corrected chi connectivity index (χ0v) is 13.4. The van der Waals surface area contributed by atoms with E-state index in [1.807, 2.05) is 37.3 Å². The molecular weight excluding hydrogens is 372 g/mol. The van der Waals surface area contributed by atoms with Crippen molar-refractivity contribution < 1.29 is 4.79 Å². The lowest BCUT2D eigenvalue weighted by molar-refractivity contribution is 0.102. The van der Waals surface area contributed by atoms with E-state index in [1.54, 1.807) is 6.07 Å². The lowest BCUT2D eigenvalue weighted by Crippen LogP contribution is -2.14. The number of carbonyl (C=O) groups is 1. The molecule has 98 valence electrons. The maximum Gasteiger partial charge on any atom is 0.257 e. The summed E-state index contributed by atoms with van der Waals surface area (Å²) in [6.45, 7) is 1.88. The van der Waals surface area contributed by atoms with Crippen molar-refractivity contribution in [2.45, 2.75) is 6.92 Å². The van der Waals surface area contributed by atoms with Gasteiger partial charge in [-0.1, -0.05) is 28.1 Å². The van der Waals surface area contributed by atoms with Gasteiger partial charge in [0.2, 0.25) is 0 Å². The first-order chi connectivity index (χ1) is 8.99. The van der Waals surface area contributed by atoms with E-state index in [1.165, 1.54) is 0 Å². The van der Waals surface area contributed by atoms with E-state index in [-0.39, 0.29) is 5.91 Å². The van der Waals surface area contributed by atoms with E-state index >= 15 is 0 Å². The highest BCUT2D eigenvalue weighted by Gasteiger charge is 2.12. The number of para-hydroxylation sites is 1. The molecule has 0 saturated heterocycles. The monoisotopic (exact) mass is 382 g/mol. The largest absolute Gasteiger partial charge is 0.398 e. The van der Waals surface area contributed by atoms with Crippen molar-refractivity contribution in [2.75, 3.05) is 11.1 Å². The van der Waals surface area contributed by atoms with E-state index in [9.17, 15) is 4.79 Å². The number of benzene rings is 2. The summed E-state index contributed by atoms with van der Waals surface area (Å²) in [4.78, 5) is 12.2. The van der Waals surface area contributed by atoms with Crippen LogP contribution in [0.4, 0.5) is 11.4 Å². The molecule has 3 nitrogen and oxygen atoms in total. The lowest BCUT2D eigenvalue weighted by Gasteiger charge is -2.10. The summed E-state index contributed by atoms with van der Waals surface area (Å²) in [5.41, 5.74) is 8.50. The molecule has 19 heavy (non-hydrogen) atoms. The number of nitrogen functional groups attached to an aromatic ring is 1. The minimum absolute atomic E-state index is 0.218. The standard InChI is InChI=1S/C14H12Br2N2O/c1-8-3-2-4-10(13(8)17)14(19)18-12-6-5-9(15)7-11(12)16/h2-7H,17H2,1H3,(H,18,19). The summed E-state index contributed by atoms with van der Waals surface area (Å²) < 4.78 is 1.74. The third kappa shape index (κ3) is 3.16. The van der Waals surface area contributed by atoms with Gasteiger partial charge >= 0.3 is 0 Å². The molecule has 0 spiro atoms. The molecule has 2 aromatic rings. The molecule has 0 heterocycles. The number of aryl methyl sites for hydroxylation is 1. The molecule has 2 rings (SSSR count). The minimum Gasteiger partial charge on any atom is -0.398 e. The molecule has 0 unspecified atom stereocenters. The number of hydrogen-bond donors (Lipinski definition) is 2. The summed E-state index contributed by atoms with van der Waals surface area (Å²) >= 11 is 6.77. The van der Waals surface area contributed by atoms with Crippen LogP contribution >= 0.6 is 31.9 Å². The lowest BCUT2D eigenvalue weighted by atomic mass is 10.1. The Morgan fingerprint density at radius 1 is 1.21 bits per heavy atom. The van der Waals surface area contributed by atoms with Gasteiger partial charge in [0, 0.05) is 14.6 Å². The van der Waals surface area contributed by atoms with Crippen molar-refractivity contribution in [1.82, 2.24) is 0 Å². The molecule has 3 N–H and O–H groups in total. The summed E-state index contributed by atoms with van der Waals surface area (Å²) in [6.07, 6.45) is 0. The summed E-state index contributed by atoms with van der Waals surface area (Å²) in [7, 11) is 0. The Labute approximate surface area is 128 Å². The Hall–Kier alpha value is -1.33. The maximum atomic E-state index is 12.2. The van der Waals surface area contributed by atoms with Crippen LogP contribution in [-0.4, -0.2) is 5.91 Å². The molecular formula is C14H12Br2N2O. The zero-order chi connectivity index (χ0) is 14.0. The second kappa shape index (κ2) is 5.75. The van der Waals surface area contributed by atoms with Crippen LogP contribution in [0.1, 0.15) is 15.9 Å². The smallest absolute Gasteiger partial charge is 0.257 e. The number of rotatable bonds is 2. The zero-order valence-electron chi connectivity index (χ0n) is 10.2. The van der Waals surface area contributed by atoms with Crippen LogP contribution in [0.5, 0.6) is 0 Å². The molecule has 0 aliphatic rings. The fourth-order valence-corrected chi connectivity index (χ4v) is 2.81. The molecule has 0 atom stereocenters.